The van der Waals surface area contributed by atoms with Crippen LogP contribution in [0.15, 0.2) is 24.4 Å². The maximum Gasteiger partial charge on any atom is 0.416 e. The average Bonchev–Trinajstić information content (AvgIpc) is 3.43. The fourth-order valence-electron chi connectivity index (χ4n) is 4.66. The lowest BCUT2D eigenvalue weighted by Gasteiger charge is -2.39. The molecule has 2 aromatic rings. The van der Waals surface area contributed by atoms with Crippen LogP contribution < -0.4 is 4.90 Å². The van der Waals surface area contributed by atoms with Crippen molar-refractivity contribution in [2.45, 2.75) is 45.5 Å². The predicted molar refractivity (Wildman–Crippen MR) is 122 cm³/mol. The summed E-state index contributed by atoms with van der Waals surface area (Å²) in [4.78, 5) is 30.0. The van der Waals surface area contributed by atoms with Gasteiger partial charge in [-0.15, -0.1) is 0 Å². The van der Waals surface area contributed by atoms with Crippen molar-refractivity contribution in [1.82, 2.24) is 19.6 Å². The first-order chi connectivity index (χ1) is 16.0. The molecule has 0 N–H and O–H groups in total. The van der Waals surface area contributed by atoms with Crippen LogP contribution in [0.25, 0.3) is 0 Å². The first-order valence-electron chi connectivity index (χ1n) is 11.3. The smallest absolute Gasteiger partial charge is 0.372 e. The Morgan fingerprint density at radius 1 is 1.15 bits per heavy atom. The van der Waals surface area contributed by atoms with Crippen LogP contribution in [0, 0.1) is 0 Å². The Morgan fingerprint density at radius 2 is 1.85 bits per heavy atom. The second-order valence-corrected chi connectivity index (χ2v) is 9.33. The van der Waals surface area contributed by atoms with Crippen molar-refractivity contribution in [1.29, 1.82) is 0 Å². The minimum absolute atomic E-state index is 0.0263. The summed E-state index contributed by atoms with van der Waals surface area (Å²) >= 11 is 6.00. The quantitative estimate of drug-likeness (QED) is 0.581. The Bertz CT molecular complexity index is 1080. The van der Waals surface area contributed by atoms with Crippen molar-refractivity contribution in [2.75, 3.05) is 37.6 Å². The van der Waals surface area contributed by atoms with E-state index >= 15 is 0 Å². The lowest BCUT2D eigenvalue weighted by Crippen LogP contribution is -2.54. The van der Waals surface area contributed by atoms with E-state index in [9.17, 15) is 22.8 Å². The predicted octanol–water partition coefficient (Wildman–Crippen LogP) is 4.53. The van der Waals surface area contributed by atoms with E-state index in [0.717, 1.165) is 30.6 Å². The molecule has 0 aliphatic carbocycles. The average molecular weight is 498 g/mol. The molecule has 1 aromatic carbocycles. The van der Waals surface area contributed by atoms with E-state index in [1.54, 1.807) is 17.0 Å². The van der Waals surface area contributed by atoms with E-state index < -0.39 is 17.8 Å². The minimum Gasteiger partial charge on any atom is -0.372 e. The number of piperazine rings is 1. The van der Waals surface area contributed by atoms with Gasteiger partial charge >= 0.3 is 12.2 Å². The maximum absolute atomic E-state index is 13.9. The molecule has 11 heteroatoms. The first-order valence-corrected chi connectivity index (χ1v) is 11.7. The summed E-state index contributed by atoms with van der Waals surface area (Å²) in [5.41, 5.74) is 0.261. The highest BCUT2D eigenvalue weighted by Crippen LogP contribution is 2.36. The summed E-state index contributed by atoms with van der Waals surface area (Å²) in [5, 5.41) is 4.09. The number of carbonyl (C=O) groups excluding carboxylic acids is 2. The van der Waals surface area contributed by atoms with Gasteiger partial charge < -0.3 is 9.80 Å². The highest BCUT2D eigenvalue weighted by Gasteiger charge is 2.36. The number of alkyl halides is 3. The Hall–Kier alpha value is -2.59. The van der Waals surface area contributed by atoms with Crippen LogP contribution in [0.2, 0.25) is 5.02 Å². The van der Waals surface area contributed by atoms with Gasteiger partial charge in [-0.25, -0.2) is 4.79 Å². The van der Waals surface area contributed by atoms with E-state index in [1.165, 1.54) is 19.2 Å². The van der Waals surface area contributed by atoms with Crippen LogP contribution in [0.3, 0.4) is 0 Å². The van der Waals surface area contributed by atoms with Gasteiger partial charge in [-0.3, -0.25) is 9.69 Å². The van der Waals surface area contributed by atoms with Crippen molar-refractivity contribution in [3.8, 4) is 0 Å². The number of Topliss-reactive ketones (excluding diaryl/α,β-unsaturated/α-hetero) is 1. The highest BCUT2D eigenvalue weighted by atomic mass is 35.5. The van der Waals surface area contributed by atoms with Gasteiger partial charge in [-0.1, -0.05) is 17.7 Å². The van der Waals surface area contributed by atoms with E-state index in [0.29, 0.717) is 25.3 Å². The Morgan fingerprint density at radius 3 is 2.44 bits per heavy atom. The first kappa shape index (κ1) is 24.5. The number of rotatable bonds is 4. The molecule has 1 aromatic heterocycles. The van der Waals surface area contributed by atoms with Crippen LogP contribution in [-0.4, -0.2) is 70.2 Å². The summed E-state index contributed by atoms with van der Waals surface area (Å²) in [7, 11) is 0. The molecule has 1 atom stereocenters. The number of halogens is 4. The number of nitrogens with zero attached hydrogens (tertiary/aromatic N) is 5. The van der Waals surface area contributed by atoms with Gasteiger partial charge in [0, 0.05) is 57.9 Å². The molecule has 0 saturated carbocycles. The van der Waals surface area contributed by atoms with Gasteiger partial charge in [0.2, 0.25) is 0 Å². The Labute approximate surface area is 201 Å². The second kappa shape index (κ2) is 9.58. The third kappa shape index (κ3) is 5.07. The standard InChI is InChI=1S/C23H27ClF3N5O2/c1-15-12-29(9-10-31(15)22(34)32-14-20(24)21(28-32)16(2)33)13-17-5-6-18(30-7-3-4-8-30)11-19(17)23(25,26)27/h5-6,11,14-15H,3-4,7-10,12-13H2,1-2H3/t15-/m1/s1. The zero-order valence-electron chi connectivity index (χ0n) is 19.1. The van der Waals surface area contributed by atoms with Crippen LogP contribution in [0.4, 0.5) is 23.7 Å². The van der Waals surface area contributed by atoms with Crippen molar-refractivity contribution < 1.29 is 22.8 Å². The number of amides is 1. The molecule has 2 saturated heterocycles. The molecule has 0 bridgehead atoms. The van der Waals surface area contributed by atoms with Gasteiger partial charge in [-0.2, -0.15) is 23.0 Å². The molecule has 7 nitrogen and oxygen atoms in total. The van der Waals surface area contributed by atoms with Gasteiger partial charge in [0.15, 0.2) is 5.78 Å². The van der Waals surface area contributed by atoms with Crippen molar-refractivity contribution in [3.05, 3.63) is 46.2 Å². The van der Waals surface area contributed by atoms with E-state index in [4.69, 9.17) is 11.6 Å². The Balaban J connectivity index is 1.46. The molecule has 0 spiro atoms. The van der Waals surface area contributed by atoms with Crippen LogP contribution >= 0.6 is 11.6 Å². The number of ketones is 1. The SMILES string of the molecule is CC(=O)c1nn(C(=O)N2CCN(Cc3ccc(N4CCCC4)cc3C(F)(F)F)C[C@H]2C)cc1Cl. The zero-order chi connectivity index (χ0) is 24.6. The number of benzene rings is 1. The number of carbonyl (C=O) groups is 2. The highest BCUT2D eigenvalue weighted by molar-refractivity contribution is 6.33. The van der Waals surface area contributed by atoms with Gasteiger partial charge in [0.25, 0.3) is 0 Å². The third-order valence-corrected chi connectivity index (χ3v) is 6.70. The summed E-state index contributed by atoms with van der Waals surface area (Å²) in [5.74, 6) is -0.342. The van der Waals surface area contributed by atoms with Crippen molar-refractivity contribution in [2.24, 2.45) is 0 Å². The molecule has 2 aliphatic heterocycles. The topological polar surface area (TPSA) is 61.7 Å². The molecular formula is C23H27ClF3N5O2. The van der Waals surface area contributed by atoms with Crippen molar-refractivity contribution in [3.63, 3.8) is 0 Å². The molecule has 1 amide bonds. The maximum atomic E-state index is 13.9. The molecule has 0 unspecified atom stereocenters. The largest absolute Gasteiger partial charge is 0.416 e. The summed E-state index contributed by atoms with van der Waals surface area (Å²) < 4.78 is 42.6. The summed E-state index contributed by atoms with van der Waals surface area (Å²) in [6.07, 6.45) is -1.16. The molecule has 3 heterocycles. The van der Waals surface area contributed by atoms with Crippen LogP contribution in [0.5, 0.6) is 0 Å². The number of aromatic nitrogens is 2. The second-order valence-electron chi connectivity index (χ2n) is 8.92. The number of anilines is 1. The summed E-state index contributed by atoms with van der Waals surface area (Å²) in [6, 6.07) is 3.93. The van der Waals surface area contributed by atoms with E-state index in [-0.39, 0.29) is 34.6 Å². The Kier molecular flexibility index (Phi) is 6.91. The fraction of sp³-hybridized carbons (Fsp3) is 0.522. The molecular weight excluding hydrogens is 471 g/mol. The molecule has 34 heavy (non-hydrogen) atoms. The lowest BCUT2D eigenvalue weighted by molar-refractivity contribution is -0.138. The van der Waals surface area contributed by atoms with Gasteiger partial charge in [-0.05, 0) is 37.5 Å². The van der Waals surface area contributed by atoms with Gasteiger partial charge in [0.05, 0.1) is 16.8 Å². The number of hydrogen-bond donors (Lipinski definition) is 0. The monoisotopic (exact) mass is 497 g/mol. The summed E-state index contributed by atoms with van der Waals surface area (Å²) in [6.45, 7) is 5.99. The van der Waals surface area contributed by atoms with Crippen LogP contribution in [-0.2, 0) is 12.7 Å². The van der Waals surface area contributed by atoms with Gasteiger partial charge in [0.1, 0.15) is 5.69 Å². The third-order valence-electron chi connectivity index (χ3n) is 6.42. The molecule has 2 aliphatic rings. The van der Waals surface area contributed by atoms with Crippen molar-refractivity contribution >= 4 is 29.1 Å². The number of hydrogen-bond acceptors (Lipinski definition) is 5. The minimum atomic E-state index is -4.44. The molecule has 4 rings (SSSR count). The lowest BCUT2D eigenvalue weighted by atomic mass is 10.0. The normalized spacial score (nSPS) is 19.6. The molecule has 2 fully saturated rings. The zero-order valence-corrected chi connectivity index (χ0v) is 19.9. The van der Waals surface area contributed by atoms with E-state index in [2.05, 4.69) is 5.10 Å². The molecule has 0 radical (unpaired) electrons. The van der Waals surface area contributed by atoms with E-state index in [1.807, 2.05) is 16.7 Å². The molecule has 184 valence electrons. The van der Waals surface area contributed by atoms with Crippen LogP contribution in [0.1, 0.15) is 48.3 Å². The fourth-order valence-corrected chi connectivity index (χ4v) is 4.92.